The summed E-state index contributed by atoms with van der Waals surface area (Å²) in [6, 6.07) is 1.90. The van der Waals surface area contributed by atoms with Crippen molar-refractivity contribution >= 4 is 27.1 Å². The number of aldehydes is 1. The van der Waals surface area contributed by atoms with Crippen LogP contribution in [0, 0.1) is 10.6 Å². The van der Waals surface area contributed by atoms with Crippen LogP contribution in [0.3, 0.4) is 0 Å². The first kappa shape index (κ1) is 27.1. The van der Waals surface area contributed by atoms with E-state index in [0.29, 0.717) is 36.0 Å². The summed E-state index contributed by atoms with van der Waals surface area (Å²) in [4.78, 5) is 25.4. The summed E-state index contributed by atoms with van der Waals surface area (Å²) in [6.07, 6.45) is 2.51. The Kier molecular flexibility index (Phi) is 7.57. The Hall–Kier alpha value is -1.97. The molecule has 36 heavy (non-hydrogen) atoms. The third kappa shape index (κ3) is 5.48. The van der Waals surface area contributed by atoms with Gasteiger partial charge in [0.25, 0.3) is 5.56 Å². The number of nitrogens with zero attached hydrogens (tertiary/aromatic N) is 1. The number of aromatic nitrogens is 2. The number of ether oxygens (including phenoxy) is 1. The average molecular weight is 539 g/mol. The summed E-state index contributed by atoms with van der Waals surface area (Å²) in [7, 11) is -1.74. The van der Waals surface area contributed by atoms with Crippen LogP contribution in [0.4, 0.5) is 4.39 Å². The van der Waals surface area contributed by atoms with E-state index in [2.05, 4.69) is 25.8 Å². The second-order valence-corrected chi connectivity index (χ2v) is 12.7. The zero-order valence-electron chi connectivity index (χ0n) is 21.3. The van der Waals surface area contributed by atoms with Gasteiger partial charge < -0.3 is 9.26 Å². The lowest BCUT2D eigenvalue weighted by molar-refractivity contribution is -0.0221. The molecule has 4 rings (SSSR count). The van der Waals surface area contributed by atoms with Gasteiger partial charge in [-0.15, -0.1) is 0 Å². The van der Waals surface area contributed by atoms with Crippen molar-refractivity contribution in [3.05, 3.63) is 55.5 Å². The van der Waals surface area contributed by atoms with E-state index in [1.54, 1.807) is 4.57 Å². The number of halogens is 1. The van der Waals surface area contributed by atoms with E-state index >= 15 is 4.39 Å². The average Bonchev–Trinajstić information content (AvgIpc) is 3.25. The third-order valence-electron chi connectivity index (χ3n) is 6.29. The molecular weight excluding hydrogens is 506 g/mol. The van der Waals surface area contributed by atoms with Crippen LogP contribution in [0.1, 0.15) is 87.7 Å². The van der Waals surface area contributed by atoms with Gasteiger partial charge in [0.1, 0.15) is 17.8 Å². The van der Waals surface area contributed by atoms with Crippen LogP contribution in [-0.2, 0) is 31.2 Å². The van der Waals surface area contributed by atoms with Crippen molar-refractivity contribution in [3.8, 4) is 5.75 Å². The summed E-state index contributed by atoms with van der Waals surface area (Å²) in [5.74, 6) is 0.200. The summed E-state index contributed by atoms with van der Waals surface area (Å²) >= 11 is 5.22. The molecule has 0 bridgehead atoms. The van der Waals surface area contributed by atoms with Gasteiger partial charge in [0, 0.05) is 11.8 Å². The van der Waals surface area contributed by atoms with Crippen LogP contribution in [0.25, 0.3) is 0 Å². The molecule has 196 valence electrons. The Balaban J connectivity index is 1.47. The molecule has 1 fully saturated rings. The van der Waals surface area contributed by atoms with Crippen molar-refractivity contribution in [2.75, 3.05) is 6.61 Å². The van der Waals surface area contributed by atoms with E-state index in [1.807, 2.05) is 26.8 Å². The zero-order valence-corrected chi connectivity index (χ0v) is 23.1. The molecular formula is C25H32FN2O6PS. The van der Waals surface area contributed by atoms with Gasteiger partial charge in [0.15, 0.2) is 11.1 Å². The summed E-state index contributed by atoms with van der Waals surface area (Å²) in [5.41, 5.74) is 0.788. The van der Waals surface area contributed by atoms with Gasteiger partial charge in [-0.2, -0.15) is 0 Å². The van der Waals surface area contributed by atoms with Gasteiger partial charge in [0.05, 0.1) is 30.4 Å². The highest BCUT2D eigenvalue weighted by Crippen LogP contribution is 2.52. The SMILES string of the molecule is CC(C)(C)c1cc(C(C)(C)C)c2c(c1F)COP(OCC1CCC(n3cc(C=O)c(=O)[nH]c3=S)O1)O2. The molecule has 1 N–H and O–H groups in total. The minimum Gasteiger partial charge on any atom is -0.426 e. The van der Waals surface area contributed by atoms with Gasteiger partial charge in [-0.1, -0.05) is 41.5 Å². The van der Waals surface area contributed by atoms with E-state index in [1.165, 1.54) is 6.20 Å². The van der Waals surface area contributed by atoms with Crippen molar-refractivity contribution in [2.45, 2.75) is 84.2 Å². The fourth-order valence-electron chi connectivity index (χ4n) is 4.27. The number of hydrogen-bond acceptors (Lipinski definition) is 7. The standard InChI is InChI=1S/C25H32FN2O6PS/c1-24(2,3)17-9-18(25(4,5)6)21-16(20(17)26)13-32-35(34-21)31-12-15-7-8-19(33-15)28-10-14(11-29)22(30)27-23(28)36/h9-11,15,19H,7-8,12-13H2,1-6H3,(H,27,30,36). The lowest BCUT2D eigenvalue weighted by Crippen LogP contribution is -2.24. The Morgan fingerprint density at radius 3 is 2.56 bits per heavy atom. The first-order valence-electron chi connectivity index (χ1n) is 11.9. The molecule has 1 aromatic carbocycles. The number of carbonyl (C=O) groups is 1. The third-order valence-corrected chi connectivity index (χ3v) is 7.63. The minimum atomic E-state index is -1.74. The maximum atomic E-state index is 15.4. The molecule has 8 nitrogen and oxygen atoms in total. The highest BCUT2D eigenvalue weighted by atomic mass is 32.1. The van der Waals surface area contributed by atoms with Crippen LogP contribution < -0.4 is 10.1 Å². The number of carbonyl (C=O) groups excluding carboxylic acids is 1. The number of aromatic amines is 1. The van der Waals surface area contributed by atoms with Gasteiger partial charge in [0.2, 0.25) is 0 Å². The van der Waals surface area contributed by atoms with Crippen molar-refractivity contribution in [1.82, 2.24) is 9.55 Å². The molecule has 11 heteroatoms. The molecule has 0 spiro atoms. The predicted octanol–water partition coefficient (Wildman–Crippen LogP) is 5.98. The highest BCUT2D eigenvalue weighted by molar-refractivity contribution is 7.71. The summed E-state index contributed by atoms with van der Waals surface area (Å²) in [6.45, 7) is 12.4. The van der Waals surface area contributed by atoms with Crippen LogP contribution in [0.15, 0.2) is 17.1 Å². The summed E-state index contributed by atoms with van der Waals surface area (Å²) in [5, 5.41) is 0. The van der Waals surface area contributed by atoms with Crippen molar-refractivity contribution in [3.63, 3.8) is 0 Å². The van der Waals surface area contributed by atoms with Crippen molar-refractivity contribution in [1.29, 1.82) is 0 Å². The fraction of sp³-hybridized carbons (Fsp3) is 0.560. The molecule has 1 aromatic heterocycles. The first-order chi connectivity index (χ1) is 16.8. The van der Waals surface area contributed by atoms with Gasteiger partial charge in [-0.3, -0.25) is 28.2 Å². The summed E-state index contributed by atoms with van der Waals surface area (Å²) < 4.78 is 41.0. The molecule has 0 aliphatic carbocycles. The quantitative estimate of drug-likeness (QED) is 0.284. The van der Waals surface area contributed by atoms with Crippen molar-refractivity contribution in [2.24, 2.45) is 0 Å². The maximum Gasteiger partial charge on any atom is 0.397 e. The van der Waals surface area contributed by atoms with Crippen LogP contribution in [-0.4, -0.2) is 28.5 Å². The molecule has 1 saturated heterocycles. The molecule has 2 aliphatic rings. The highest BCUT2D eigenvalue weighted by Gasteiger charge is 2.36. The molecule has 0 amide bonds. The second kappa shape index (κ2) is 10.1. The van der Waals surface area contributed by atoms with Crippen LogP contribution in [0.2, 0.25) is 0 Å². The van der Waals surface area contributed by atoms with E-state index < -0.39 is 20.4 Å². The largest absolute Gasteiger partial charge is 0.426 e. The fourth-order valence-corrected chi connectivity index (χ4v) is 5.60. The van der Waals surface area contributed by atoms with Gasteiger partial charge in [-0.05, 0) is 47.5 Å². The Bertz CT molecular complexity index is 1280. The molecule has 0 radical (unpaired) electrons. The molecule has 2 aliphatic heterocycles. The topological polar surface area (TPSA) is 91.8 Å². The lowest BCUT2D eigenvalue weighted by Gasteiger charge is -2.33. The first-order valence-corrected chi connectivity index (χ1v) is 13.4. The van der Waals surface area contributed by atoms with E-state index in [0.717, 1.165) is 5.56 Å². The Morgan fingerprint density at radius 1 is 1.22 bits per heavy atom. The Morgan fingerprint density at radius 2 is 1.92 bits per heavy atom. The maximum absolute atomic E-state index is 15.4. The lowest BCUT2D eigenvalue weighted by atomic mass is 9.78. The number of H-pyrrole nitrogens is 1. The van der Waals surface area contributed by atoms with Crippen molar-refractivity contribution < 1.29 is 27.5 Å². The zero-order chi connectivity index (χ0) is 26.4. The Labute approximate surface area is 216 Å². The normalized spacial score (nSPS) is 22.2. The minimum absolute atomic E-state index is 0.0190. The second-order valence-electron chi connectivity index (χ2n) is 11.1. The number of nitrogens with one attached hydrogen (secondary N) is 1. The predicted molar refractivity (Wildman–Crippen MR) is 137 cm³/mol. The van der Waals surface area contributed by atoms with Gasteiger partial charge >= 0.3 is 8.60 Å². The molecule has 3 unspecified atom stereocenters. The van der Waals surface area contributed by atoms with Crippen LogP contribution >= 0.6 is 20.8 Å². The van der Waals surface area contributed by atoms with E-state index in [-0.39, 0.29) is 46.3 Å². The number of hydrogen-bond donors (Lipinski definition) is 1. The molecule has 3 heterocycles. The van der Waals surface area contributed by atoms with E-state index in [9.17, 15) is 9.59 Å². The monoisotopic (exact) mass is 538 g/mol. The molecule has 3 atom stereocenters. The number of rotatable bonds is 5. The smallest absolute Gasteiger partial charge is 0.397 e. The molecule has 0 saturated carbocycles. The number of benzene rings is 1. The van der Waals surface area contributed by atoms with E-state index in [4.69, 9.17) is 30.5 Å². The van der Waals surface area contributed by atoms with Crippen LogP contribution in [0.5, 0.6) is 5.75 Å². The number of fused-ring (bicyclic) bond motifs is 1. The molecule has 2 aromatic rings. The van der Waals surface area contributed by atoms with Gasteiger partial charge in [-0.25, -0.2) is 4.39 Å².